The van der Waals surface area contributed by atoms with Crippen molar-refractivity contribution in [2.24, 2.45) is 0 Å². The van der Waals surface area contributed by atoms with E-state index in [0.29, 0.717) is 5.69 Å². The van der Waals surface area contributed by atoms with E-state index >= 15 is 0 Å². The molecule has 140 valence electrons. The maximum absolute atomic E-state index is 12.4. The molecule has 0 spiro atoms. The zero-order valence-electron chi connectivity index (χ0n) is 15.5. The van der Waals surface area contributed by atoms with E-state index in [-0.39, 0.29) is 11.4 Å². The summed E-state index contributed by atoms with van der Waals surface area (Å²) in [7, 11) is 0. The van der Waals surface area contributed by atoms with Gasteiger partial charge in [-0.25, -0.2) is 4.98 Å². The fourth-order valence-electron chi connectivity index (χ4n) is 2.80. The normalized spacial score (nSPS) is 15.2. The Labute approximate surface area is 164 Å². The maximum Gasteiger partial charge on any atom is 0.271 e. The smallest absolute Gasteiger partial charge is 0.271 e. The molecule has 26 heavy (non-hydrogen) atoms. The van der Waals surface area contributed by atoms with Crippen molar-refractivity contribution in [1.82, 2.24) is 10.3 Å². The largest absolute Gasteiger partial charge is 0.368 e. The van der Waals surface area contributed by atoms with Gasteiger partial charge in [-0.3, -0.25) is 4.79 Å². The highest BCUT2D eigenvalue weighted by Crippen LogP contribution is 2.25. The van der Waals surface area contributed by atoms with Crippen LogP contribution >= 0.6 is 22.9 Å². The van der Waals surface area contributed by atoms with E-state index in [1.54, 1.807) is 0 Å². The van der Waals surface area contributed by atoms with Crippen LogP contribution in [0.2, 0.25) is 5.02 Å². The Morgan fingerprint density at radius 1 is 1.27 bits per heavy atom. The maximum atomic E-state index is 12.4. The van der Waals surface area contributed by atoms with Gasteiger partial charge in [-0.2, -0.15) is 0 Å². The van der Waals surface area contributed by atoms with Crippen molar-refractivity contribution in [3.63, 3.8) is 0 Å². The average molecular weight is 393 g/mol. The van der Waals surface area contributed by atoms with E-state index in [4.69, 9.17) is 11.6 Å². The van der Waals surface area contributed by atoms with Crippen molar-refractivity contribution in [2.45, 2.75) is 32.7 Å². The lowest BCUT2D eigenvalue weighted by atomic mass is 10.0. The third kappa shape index (κ3) is 4.48. The molecule has 1 saturated heterocycles. The van der Waals surface area contributed by atoms with Gasteiger partial charge in [-0.1, -0.05) is 24.6 Å². The standard InChI is InChI=1S/C19H25ClN4OS/c1-4-19(2,3)22-17(25)16-13-26-18(21-16)24-10-8-23(9-11-24)15-7-5-6-14(20)12-15/h5-7,12-13H,4,8-11H2,1-3H3,(H,22,25). The number of benzene rings is 1. The van der Waals surface area contributed by atoms with Gasteiger partial charge in [-0.05, 0) is 38.5 Å². The van der Waals surface area contributed by atoms with Crippen molar-refractivity contribution >= 4 is 39.7 Å². The number of carbonyl (C=O) groups excluding carboxylic acids is 1. The van der Waals surface area contributed by atoms with E-state index in [1.807, 2.05) is 37.4 Å². The summed E-state index contributed by atoms with van der Waals surface area (Å²) in [6, 6.07) is 7.96. The molecule has 0 saturated carbocycles. The molecule has 0 atom stereocenters. The SMILES string of the molecule is CCC(C)(C)NC(=O)c1csc(N2CCN(c3cccc(Cl)c3)CC2)n1. The molecule has 2 heterocycles. The fraction of sp³-hybridized carbons (Fsp3) is 0.474. The lowest BCUT2D eigenvalue weighted by Gasteiger charge is -2.36. The molecule has 1 aromatic carbocycles. The minimum atomic E-state index is -0.219. The van der Waals surface area contributed by atoms with E-state index in [1.165, 1.54) is 11.3 Å². The second-order valence-corrected chi connectivity index (χ2v) is 8.43. The molecule has 5 nitrogen and oxygen atoms in total. The predicted molar refractivity (Wildman–Crippen MR) is 110 cm³/mol. The number of nitrogens with zero attached hydrogens (tertiary/aromatic N) is 3. The van der Waals surface area contributed by atoms with Crippen LogP contribution in [0.25, 0.3) is 0 Å². The highest BCUT2D eigenvalue weighted by Gasteiger charge is 2.23. The number of hydrogen-bond donors (Lipinski definition) is 1. The summed E-state index contributed by atoms with van der Waals surface area (Å²) >= 11 is 7.63. The summed E-state index contributed by atoms with van der Waals surface area (Å²) < 4.78 is 0. The molecule has 3 rings (SSSR count). The predicted octanol–water partition coefficient (Wildman–Crippen LogP) is 4.04. The van der Waals surface area contributed by atoms with Gasteiger partial charge in [0.2, 0.25) is 0 Å². The molecule has 2 aromatic rings. The van der Waals surface area contributed by atoms with Crippen molar-refractivity contribution < 1.29 is 4.79 Å². The van der Waals surface area contributed by atoms with Crippen molar-refractivity contribution in [3.8, 4) is 0 Å². The number of aromatic nitrogens is 1. The number of anilines is 2. The monoisotopic (exact) mass is 392 g/mol. The Kier molecular flexibility index (Phi) is 5.73. The first-order valence-corrected chi connectivity index (χ1v) is 10.2. The van der Waals surface area contributed by atoms with Gasteiger partial charge in [0, 0.05) is 47.8 Å². The number of piperazine rings is 1. The second kappa shape index (κ2) is 7.84. The van der Waals surface area contributed by atoms with E-state index in [9.17, 15) is 4.79 Å². The molecule has 1 N–H and O–H groups in total. The van der Waals surface area contributed by atoms with Gasteiger partial charge < -0.3 is 15.1 Å². The third-order valence-electron chi connectivity index (χ3n) is 4.78. The van der Waals surface area contributed by atoms with Crippen molar-refractivity contribution in [3.05, 3.63) is 40.4 Å². The summed E-state index contributed by atoms with van der Waals surface area (Å²) in [4.78, 5) is 21.5. The van der Waals surface area contributed by atoms with Gasteiger partial charge in [0.1, 0.15) is 5.69 Å². The van der Waals surface area contributed by atoms with Crippen molar-refractivity contribution in [1.29, 1.82) is 0 Å². The van der Waals surface area contributed by atoms with E-state index in [2.05, 4.69) is 33.1 Å². The topological polar surface area (TPSA) is 48.5 Å². The van der Waals surface area contributed by atoms with Crippen LogP contribution in [0.5, 0.6) is 0 Å². The number of thiazole rings is 1. The van der Waals surface area contributed by atoms with Crippen LogP contribution in [0.4, 0.5) is 10.8 Å². The summed E-state index contributed by atoms with van der Waals surface area (Å²) in [6.07, 6.45) is 0.876. The summed E-state index contributed by atoms with van der Waals surface area (Å²) in [6.45, 7) is 9.67. The van der Waals surface area contributed by atoms with Crippen LogP contribution in [0, 0.1) is 0 Å². The molecule has 0 aliphatic carbocycles. The van der Waals surface area contributed by atoms with Crippen LogP contribution in [-0.4, -0.2) is 42.6 Å². The van der Waals surface area contributed by atoms with Gasteiger partial charge >= 0.3 is 0 Å². The van der Waals surface area contributed by atoms with Crippen LogP contribution in [0.15, 0.2) is 29.6 Å². The summed E-state index contributed by atoms with van der Waals surface area (Å²) in [5.74, 6) is -0.100. The van der Waals surface area contributed by atoms with Gasteiger partial charge in [0.05, 0.1) is 0 Å². The Morgan fingerprint density at radius 2 is 1.96 bits per heavy atom. The molecule has 1 aromatic heterocycles. The van der Waals surface area contributed by atoms with Gasteiger partial charge in [0.25, 0.3) is 5.91 Å². The lowest BCUT2D eigenvalue weighted by molar-refractivity contribution is 0.0907. The van der Waals surface area contributed by atoms with E-state index in [0.717, 1.165) is 48.4 Å². The van der Waals surface area contributed by atoms with Crippen LogP contribution in [0.1, 0.15) is 37.7 Å². The molecule has 7 heteroatoms. The van der Waals surface area contributed by atoms with Crippen LogP contribution in [0.3, 0.4) is 0 Å². The number of rotatable bonds is 5. The Bertz CT molecular complexity index is 768. The van der Waals surface area contributed by atoms with Crippen molar-refractivity contribution in [2.75, 3.05) is 36.0 Å². The lowest BCUT2D eigenvalue weighted by Crippen LogP contribution is -2.46. The first-order chi connectivity index (χ1) is 12.4. The molecule has 0 unspecified atom stereocenters. The fourth-order valence-corrected chi connectivity index (χ4v) is 3.85. The molecule has 1 amide bonds. The average Bonchev–Trinajstić information content (AvgIpc) is 3.12. The summed E-state index contributed by atoms with van der Waals surface area (Å²) in [5.41, 5.74) is 1.44. The molecular weight excluding hydrogens is 368 g/mol. The minimum Gasteiger partial charge on any atom is -0.368 e. The highest BCUT2D eigenvalue weighted by atomic mass is 35.5. The molecule has 0 bridgehead atoms. The Balaban J connectivity index is 1.60. The number of hydrogen-bond acceptors (Lipinski definition) is 5. The van der Waals surface area contributed by atoms with Gasteiger partial charge in [0.15, 0.2) is 5.13 Å². The first-order valence-electron chi connectivity index (χ1n) is 8.91. The van der Waals surface area contributed by atoms with Crippen LogP contribution in [-0.2, 0) is 0 Å². The second-order valence-electron chi connectivity index (χ2n) is 7.16. The molecular formula is C19H25ClN4OS. The zero-order valence-corrected chi connectivity index (χ0v) is 17.0. The third-order valence-corrected chi connectivity index (χ3v) is 5.92. The molecule has 0 radical (unpaired) electrons. The minimum absolute atomic E-state index is 0.100. The Hall–Kier alpha value is -1.79. The molecule has 1 fully saturated rings. The van der Waals surface area contributed by atoms with Gasteiger partial charge in [-0.15, -0.1) is 11.3 Å². The van der Waals surface area contributed by atoms with Crippen LogP contribution < -0.4 is 15.1 Å². The highest BCUT2D eigenvalue weighted by molar-refractivity contribution is 7.13. The zero-order chi connectivity index (χ0) is 18.7. The molecule has 1 aliphatic rings. The summed E-state index contributed by atoms with van der Waals surface area (Å²) in [5, 5.41) is 6.56. The Morgan fingerprint density at radius 3 is 2.62 bits per heavy atom. The quantitative estimate of drug-likeness (QED) is 0.834. The number of amides is 1. The number of nitrogens with one attached hydrogen (secondary N) is 1. The molecule has 1 aliphatic heterocycles. The number of halogens is 1. The first kappa shape index (κ1) is 19.0. The number of carbonyl (C=O) groups is 1. The van der Waals surface area contributed by atoms with E-state index < -0.39 is 0 Å².